The zero-order chi connectivity index (χ0) is 11.0. The van der Waals surface area contributed by atoms with Crippen LogP contribution in [0.25, 0.3) is 0 Å². The normalized spacial score (nSPS) is 27.3. The van der Waals surface area contributed by atoms with Crippen molar-refractivity contribution in [2.75, 3.05) is 6.61 Å². The highest BCUT2D eigenvalue weighted by atomic mass is 35.5. The third-order valence-corrected chi connectivity index (χ3v) is 3.23. The van der Waals surface area contributed by atoms with Crippen molar-refractivity contribution in [3.05, 3.63) is 22.8 Å². The Bertz CT molecular complexity index is 381. The van der Waals surface area contributed by atoms with Gasteiger partial charge in [-0.3, -0.25) is 4.79 Å². The highest BCUT2D eigenvalue weighted by Gasteiger charge is 2.40. The molecule has 0 N–H and O–H groups in total. The molecular weight excluding hydrogens is 216 g/mol. The van der Waals surface area contributed by atoms with Gasteiger partial charge in [0.05, 0.1) is 6.61 Å². The Morgan fingerprint density at radius 2 is 2.13 bits per heavy atom. The van der Waals surface area contributed by atoms with Crippen molar-refractivity contribution in [3.8, 4) is 0 Å². The Morgan fingerprint density at radius 1 is 1.47 bits per heavy atom. The average Bonchev–Trinajstić information content (AvgIpc) is 2.77. The summed E-state index contributed by atoms with van der Waals surface area (Å²) in [6.45, 7) is 1.88. The molecule has 2 aliphatic carbocycles. The van der Waals surface area contributed by atoms with Crippen molar-refractivity contribution in [1.29, 1.82) is 0 Å². The largest absolute Gasteiger partial charge is 0.460 e. The van der Waals surface area contributed by atoms with E-state index in [-0.39, 0.29) is 18.4 Å². The number of Topliss-reactive ketones (excluding diaryl/α,β-unsaturated/α-hetero) is 1. The zero-order valence-corrected chi connectivity index (χ0v) is 9.08. The number of rotatable bonds is 3. The van der Waals surface area contributed by atoms with E-state index in [4.69, 9.17) is 11.6 Å². The summed E-state index contributed by atoms with van der Waals surface area (Å²) in [5.41, 5.74) is 0.433. The highest BCUT2D eigenvalue weighted by molar-refractivity contribution is 6.44. The smallest absolute Gasteiger partial charge is 0.379 e. The maximum absolute atomic E-state index is 11.7. The number of ether oxygens (including phenoxy) is 1. The first-order valence-corrected chi connectivity index (χ1v) is 5.32. The third-order valence-electron chi connectivity index (χ3n) is 2.74. The lowest BCUT2D eigenvalue weighted by atomic mass is 9.99. The minimum absolute atomic E-state index is 0.0133. The Labute approximate surface area is 92.7 Å². The van der Waals surface area contributed by atoms with Gasteiger partial charge in [-0.1, -0.05) is 23.8 Å². The first-order chi connectivity index (χ1) is 7.15. The van der Waals surface area contributed by atoms with Crippen LogP contribution in [0.5, 0.6) is 0 Å². The SMILES string of the molecule is CCOC(=O)C(=O)C1=C(Cl)C2C=CC1C2. The van der Waals surface area contributed by atoms with Crippen LogP contribution in [-0.4, -0.2) is 18.4 Å². The summed E-state index contributed by atoms with van der Waals surface area (Å²) < 4.78 is 4.67. The van der Waals surface area contributed by atoms with E-state index in [0.29, 0.717) is 10.6 Å². The minimum Gasteiger partial charge on any atom is -0.460 e. The van der Waals surface area contributed by atoms with Crippen molar-refractivity contribution in [1.82, 2.24) is 0 Å². The van der Waals surface area contributed by atoms with Gasteiger partial charge in [0, 0.05) is 22.4 Å². The molecule has 0 radical (unpaired) electrons. The van der Waals surface area contributed by atoms with E-state index in [9.17, 15) is 9.59 Å². The van der Waals surface area contributed by atoms with E-state index in [2.05, 4.69) is 4.74 Å². The second kappa shape index (κ2) is 3.81. The summed E-state index contributed by atoms with van der Waals surface area (Å²) in [7, 11) is 0. The molecule has 0 amide bonds. The van der Waals surface area contributed by atoms with Crippen molar-refractivity contribution >= 4 is 23.4 Å². The first kappa shape index (κ1) is 10.4. The van der Waals surface area contributed by atoms with Crippen LogP contribution in [-0.2, 0) is 14.3 Å². The first-order valence-electron chi connectivity index (χ1n) is 4.94. The molecule has 4 heteroatoms. The number of allylic oxidation sites excluding steroid dienone is 3. The lowest BCUT2D eigenvalue weighted by Crippen LogP contribution is -2.22. The topological polar surface area (TPSA) is 43.4 Å². The van der Waals surface area contributed by atoms with Gasteiger partial charge in [-0.15, -0.1) is 0 Å². The fourth-order valence-corrected chi connectivity index (χ4v) is 2.45. The van der Waals surface area contributed by atoms with Crippen molar-refractivity contribution in [2.45, 2.75) is 13.3 Å². The Balaban J connectivity index is 2.19. The van der Waals surface area contributed by atoms with Crippen LogP contribution < -0.4 is 0 Å². The predicted octanol–water partition coefficient (Wildman–Crippen LogP) is 1.82. The molecule has 0 spiro atoms. The van der Waals surface area contributed by atoms with Crippen molar-refractivity contribution in [3.63, 3.8) is 0 Å². The van der Waals surface area contributed by atoms with E-state index in [1.807, 2.05) is 12.2 Å². The van der Waals surface area contributed by atoms with Crippen LogP contribution >= 0.6 is 11.6 Å². The molecule has 0 aromatic heterocycles. The monoisotopic (exact) mass is 226 g/mol. The average molecular weight is 227 g/mol. The number of ketones is 1. The summed E-state index contributed by atoms with van der Waals surface area (Å²) >= 11 is 6.01. The van der Waals surface area contributed by atoms with Crippen LogP contribution in [0.1, 0.15) is 13.3 Å². The number of carbonyl (C=O) groups excluding carboxylic acids is 2. The van der Waals surface area contributed by atoms with Gasteiger partial charge >= 0.3 is 5.97 Å². The number of hydrogen-bond acceptors (Lipinski definition) is 3. The molecule has 0 saturated carbocycles. The number of halogens is 1. The molecule has 2 unspecified atom stereocenters. The van der Waals surface area contributed by atoms with Gasteiger partial charge in [-0.05, 0) is 13.3 Å². The standard InChI is InChI=1S/C11H11ClO3/c1-2-15-11(14)10(13)8-6-3-4-7(5-6)9(8)12/h3-4,6-7H,2,5H2,1H3. The molecular formula is C11H11ClO3. The maximum atomic E-state index is 11.7. The molecule has 0 aromatic rings. The van der Waals surface area contributed by atoms with Crippen LogP contribution in [0.2, 0.25) is 0 Å². The van der Waals surface area contributed by atoms with Gasteiger partial charge in [0.15, 0.2) is 0 Å². The fraction of sp³-hybridized carbons (Fsp3) is 0.455. The number of fused-ring (bicyclic) bond motifs is 2. The highest BCUT2D eigenvalue weighted by Crippen LogP contribution is 2.45. The molecule has 80 valence electrons. The lowest BCUT2D eigenvalue weighted by molar-refractivity contribution is -0.151. The Hall–Kier alpha value is -1.09. The zero-order valence-electron chi connectivity index (χ0n) is 8.33. The van der Waals surface area contributed by atoms with Crippen molar-refractivity contribution < 1.29 is 14.3 Å². The molecule has 0 heterocycles. The van der Waals surface area contributed by atoms with Gasteiger partial charge in [0.25, 0.3) is 5.78 Å². The van der Waals surface area contributed by atoms with E-state index in [1.54, 1.807) is 6.92 Å². The molecule has 0 aliphatic heterocycles. The van der Waals surface area contributed by atoms with E-state index in [0.717, 1.165) is 6.42 Å². The number of hydrogen-bond donors (Lipinski definition) is 0. The summed E-state index contributed by atoms with van der Waals surface area (Å²) in [5.74, 6) is -1.24. The molecule has 3 nitrogen and oxygen atoms in total. The van der Waals surface area contributed by atoms with Crippen LogP contribution in [0, 0.1) is 11.8 Å². The Morgan fingerprint density at radius 3 is 2.67 bits per heavy atom. The predicted molar refractivity (Wildman–Crippen MR) is 55.3 cm³/mol. The van der Waals surface area contributed by atoms with Gasteiger partial charge in [0.2, 0.25) is 0 Å². The third kappa shape index (κ3) is 1.61. The number of carbonyl (C=O) groups is 2. The molecule has 0 fully saturated rings. The molecule has 2 rings (SSSR count). The maximum Gasteiger partial charge on any atom is 0.379 e. The lowest BCUT2D eigenvalue weighted by Gasteiger charge is -2.09. The summed E-state index contributed by atoms with van der Waals surface area (Å²) in [6, 6.07) is 0. The fourth-order valence-electron chi connectivity index (χ4n) is 2.06. The molecule has 2 bridgehead atoms. The van der Waals surface area contributed by atoms with Gasteiger partial charge < -0.3 is 4.74 Å². The molecule has 0 aromatic carbocycles. The van der Waals surface area contributed by atoms with E-state index < -0.39 is 11.8 Å². The van der Waals surface area contributed by atoms with Crippen LogP contribution in [0.3, 0.4) is 0 Å². The van der Waals surface area contributed by atoms with Crippen LogP contribution in [0.4, 0.5) is 0 Å². The van der Waals surface area contributed by atoms with E-state index in [1.165, 1.54) is 0 Å². The van der Waals surface area contributed by atoms with Crippen LogP contribution in [0.15, 0.2) is 22.8 Å². The molecule has 15 heavy (non-hydrogen) atoms. The van der Waals surface area contributed by atoms with Crippen molar-refractivity contribution in [2.24, 2.45) is 11.8 Å². The molecule has 2 atom stereocenters. The Kier molecular flexibility index (Phi) is 2.65. The van der Waals surface area contributed by atoms with Gasteiger partial charge in [0.1, 0.15) is 0 Å². The molecule has 2 aliphatic rings. The van der Waals surface area contributed by atoms with Gasteiger partial charge in [-0.2, -0.15) is 0 Å². The van der Waals surface area contributed by atoms with Gasteiger partial charge in [-0.25, -0.2) is 4.79 Å². The van der Waals surface area contributed by atoms with E-state index >= 15 is 0 Å². The second-order valence-electron chi connectivity index (χ2n) is 3.64. The quantitative estimate of drug-likeness (QED) is 0.419. The molecule has 0 saturated heterocycles. The summed E-state index contributed by atoms with van der Waals surface area (Å²) in [5, 5.41) is 0.514. The minimum atomic E-state index is -0.799. The summed E-state index contributed by atoms with van der Waals surface area (Å²) in [4.78, 5) is 22.9. The number of esters is 1. The summed E-state index contributed by atoms with van der Waals surface area (Å²) in [6.07, 6.45) is 4.73. The second-order valence-corrected chi connectivity index (χ2v) is 4.05.